The molecule has 0 aliphatic heterocycles. The molecule has 2 rings (SSSR count). The number of carbonyl (C=O) groups is 1. The molecule has 1 atom stereocenters. The molecule has 20 heavy (non-hydrogen) atoms. The normalized spacial score (nSPS) is 12.2. The Bertz CT molecular complexity index is 618. The number of pyridine rings is 1. The van der Waals surface area contributed by atoms with Crippen molar-refractivity contribution < 1.29 is 4.79 Å². The Kier molecular flexibility index (Phi) is 4.17. The van der Waals surface area contributed by atoms with E-state index in [1.165, 1.54) is 0 Å². The fourth-order valence-corrected chi connectivity index (χ4v) is 2.04. The van der Waals surface area contributed by atoms with Crippen molar-refractivity contribution in [2.24, 2.45) is 0 Å². The minimum absolute atomic E-state index is 0.185. The lowest BCUT2D eigenvalue weighted by molar-refractivity contribution is 0.102. The van der Waals surface area contributed by atoms with E-state index in [2.05, 4.69) is 29.2 Å². The summed E-state index contributed by atoms with van der Waals surface area (Å²) in [4.78, 5) is 16.2. The Labute approximate surface area is 119 Å². The summed E-state index contributed by atoms with van der Waals surface area (Å²) in [7, 11) is 0. The molecule has 0 aliphatic carbocycles. The van der Waals surface area contributed by atoms with Crippen LogP contribution in [0.1, 0.15) is 47.9 Å². The predicted octanol–water partition coefficient (Wildman–Crippen LogP) is 3.12. The van der Waals surface area contributed by atoms with Gasteiger partial charge in [0.05, 0.1) is 5.56 Å². The van der Waals surface area contributed by atoms with Crippen molar-refractivity contribution in [3.8, 4) is 0 Å². The molecular formula is C15H20N4O. The van der Waals surface area contributed by atoms with Crippen LogP contribution in [0.3, 0.4) is 0 Å². The van der Waals surface area contributed by atoms with Crippen LogP contribution in [0.4, 0.5) is 5.82 Å². The van der Waals surface area contributed by atoms with Crippen molar-refractivity contribution in [2.75, 3.05) is 5.32 Å². The van der Waals surface area contributed by atoms with E-state index in [4.69, 9.17) is 0 Å². The Morgan fingerprint density at radius 2 is 2.10 bits per heavy atom. The molecule has 1 amide bonds. The minimum atomic E-state index is -0.185. The maximum atomic E-state index is 12.1. The number of nitrogens with zero attached hydrogens (tertiary/aromatic N) is 3. The molecule has 5 heteroatoms. The molecule has 0 bridgehead atoms. The molecule has 0 radical (unpaired) electrons. The van der Waals surface area contributed by atoms with Gasteiger partial charge in [-0.15, -0.1) is 0 Å². The van der Waals surface area contributed by atoms with E-state index >= 15 is 0 Å². The molecule has 1 unspecified atom stereocenters. The first-order valence-electron chi connectivity index (χ1n) is 6.80. The van der Waals surface area contributed by atoms with E-state index in [1.54, 1.807) is 18.5 Å². The summed E-state index contributed by atoms with van der Waals surface area (Å²) >= 11 is 0. The van der Waals surface area contributed by atoms with Crippen LogP contribution in [0, 0.1) is 13.8 Å². The zero-order valence-electron chi connectivity index (χ0n) is 12.3. The SMILES string of the molecule is CCC(C)n1nc(NC(=O)c2cncc(C)c2)cc1C. The first kappa shape index (κ1) is 14.2. The lowest BCUT2D eigenvalue weighted by Crippen LogP contribution is -2.14. The Morgan fingerprint density at radius 3 is 2.75 bits per heavy atom. The van der Waals surface area contributed by atoms with Crippen LogP contribution in [0.25, 0.3) is 0 Å². The topological polar surface area (TPSA) is 59.8 Å². The summed E-state index contributed by atoms with van der Waals surface area (Å²) in [5, 5.41) is 7.25. The fraction of sp³-hybridized carbons (Fsp3) is 0.400. The van der Waals surface area contributed by atoms with Crippen LogP contribution in [0.2, 0.25) is 0 Å². The zero-order chi connectivity index (χ0) is 14.7. The van der Waals surface area contributed by atoms with Crippen LogP contribution in [0.15, 0.2) is 24.5 Å². The van der Waals surface area contributed by atoms with E-state index in [9.17, 15) is 4.79 Å². The van der Waals surface area contributed by atoms with Crippen molar-refractivity contribution in [3.63, 3.8) is 0 Å². The number of aromatic nitrogens is 3. The smallest absolute Gasteiger partial charge is 0.258 e. The van der Waals surface area contributed by atoms with Crippen LogP contribution < -0.4 is 5.32 Å². The first-order valence-corrected chi connectivity index (χ1v) is 6.80. The van der Waals surface area contributed by atoms with Crippen molar-refractivity contribution in [1.82, 2.24) is 14.8 Å². The molecule has 0 saturated carbocycles. The quantitative estimate of drug-likeness (QED) is 0.930. The monoisotopic (exact) mass is 272 g/mol. The third kappa shape index (κ3) is 3.04. The van der Waals surface area contributed by atoms with Gasteiger partial charge in [0.1, 0.15) is 0 Å². The predicted molar refractivity (Wildman–Crippen MR) is 78.9 cm³/mol. The number of anilines is 1. The summed E-state index contributed by atoms with van der Waals surface area (Å²) in [6.45, 7) is 8.12. The van der Waals surface area contributed by atoms with E-state index in [1.807, 2.05) is 24.6 Å². The van der Waals surface area contributed by atoms with Gasteiger partial charge in [-0.1, -0.05) is 6.92 Å². The van der Waals surface area contributed by atoms with Crippen LogP contribution >= 0.6 is 0 Å². The number of carbonyl (C=O) groups excluding carboxylic acids is 1. The van der Waals surface area contributed by atoms with Gasteiger partial charge >= 0.3 is 0 Å². The molecule has 2 heterocycles. The van der Waals surface area contributed by atoms with Gasteiger partial charge in [-0.25, -0.2) is 0 Å². The molecule has 2 aromatic heterocycles. The molecule has 5 nitrogen and oxygen atoms in total. The molecule has 0 aromatic carbocycles. The van der Waals surface area contributed by atoms with E-state index in [0.29, 0.717) is 17.4 Å². The highest BCUT2D eigenvalue weighted by atomic mass is 16.1. The van der Waals surface area contributed by atoms with Crippen LogP contribution in [-0.2, 0) is 0 Å². The van der Waals surface area contributed by atoms with Gasteiger partial charge in [0.25, 0.3) is 5.91 Å². The standard InChI is InChI=1S/C15H20N4O/c1-5-11(3)19-12(4)7-14(18-19)17-15(20)13-6-10(2)8-16-9-13/h6-9,11H,5H2,1-4H3,(H,17,18,20). The van der Waals surface area contributed by atoms with Gasteiger partial charge in [0.2, 0.25) is 0 Å². The zero-order valence-corrected chi connectivity index (χ0v) is 12.3. The van der Waals surface area contributed by atoms with Gasteiger partial charge in [-0.2, -0.15) is 5.10 Å². The Morgan fingerprint density at radius 1 is 1.35 bits per heavy atom. The van der Waals surface area contributed by atoms with E-state index < -0.39 is 0 Å². The number of hydrogen-bond donors (Lipinski definition) is 1. The second kappa shape index (κ2) is 5.86. The van der Waals surface area contributed by atoms with Crippen molar-refractivity contribution in [2.45, 2.75) is 40.2 Å². The van der Waals surface area contributed by atoms with Crippen molar-refractivity contribution >= 4 is 11.7 Å². The highest BCUT2D eigenvalue weighted by molar-refractivity contribution is 6.03. The van der Waals surface area contributed by atoms with Crippen LogP contribution in [-0.4, -0.2) is 20.7 Å². The van der Waals surface area contributed by atoms with Gasteiger partial charge in [0, 0.05) is 30.2 Å². The third-order valence-electron chi connectivity index (χ3n) is 3.31. The third-order valence-corrected chi connectivity index (χ3v) is 3.31. The number of rotatable bonds is 4. The molecule has 2 aromatic rings. The molecule has 0 spiro atoms. The average molecular weight is 272 g/mol. The molecular weight excluding hydrogens is 252 g/mol. The second-order valence-electron chi connectivity index (χ2n) is 5.08. The lowest BCUT2D eigenvalue weighted by atomic mass is 10.2. The number of nitrogens with one attached hydrogen (secondary N) is 1. The van der Waals surface area contributed by atoms with Crippen molar-refractivity contribution in [3.05, 3.63) is 41.3 Å². The van der Waals surface area contributed by atoms with Gasteiger partial charge in [-0.3, -0.25) is 14.5 Å². The minimum Gasteiger partial charge on any atom is -0.305 e. The molecule has 0 aliphatic rings. The van der Waals surface area contributed by atoms with Crippen molar-refractivity contribution in [1.29, 1.82) is 0 Å². The maximum Gasteiger partial charge on any atom is 0.258 e. The number of amides is 1. The van der Waals surface area contributed by atoms with E-state index in [0.717, 1.165) is 17.7 Å². The van der Waals surface area contributed by atoms with Gasteiger partial charge in [0.15, 0.2) is 5.82 Å². The highest BCUT2D eigenvalue weighted by Crippen LogP contribution is 2.17. The van der Waals surface area contributed by atoms with Gasteiger partial charge in [-0.05, 0) is 38.8 Å². The summed E-state index contributed by atoms with van der Waals surface area (Å²) in [6.07, 6.45) is 4.27. The Balaban J connectivity index is 2.16. The highest BCUT2D eigenvalue weighted by Gasteiger charge is 2.12. The molecule has 1 N–H and O–H groups in total. The average Bonchev–Trinajstić information content (AvgIpc) is 2.78. The first-order chi connectivity index (χ1) is 9.51. The fourth-order valence-electron chi connectivity index (χ4n) is 2.04. The number of aryl methyl sites for hydroxylation is 2. The second-order valence-corrected chi connectivity index (χ2v) is 5.08. The summed E-state index contributed by atoms with van der Waals surface area (Å²) in [5.74, 6) is 0.393. The largest absolute Gasteiger partial charge is 0.305 e. The molecule has 106 valence electrons. The Hall–Kier alpha value is -2.17. The summed E-state index contributed by atoms with van der Waals surface area (Å²) in [6, 6.07) is 4.01. The molecule has 0 fully saturated rings. The van der Waals surface area contributed by atoms with E-state index in [-0.39, 0.29) is 5.91 Å². The summed E-state index contributed by atoms with van der Waals surface area (Å²) in [5.41, 5.74) is 2.54. The lowest BCUT2D eigenvalue weighted by Gasteiger charge is -2.10. The maximum absolute atomic E-state index is 12.1. The summed E-state index contributed by atoms with van der Waals surface area (Å²) < 4.78 is 1.93. The van der Waals surface area contributed by atoms with Gasteiger partial charge < -0.3 is 5.32 Å². The van der Waals surface area contributed by atoms with Crippen LogP contribution in [0.5, 0.6) is 0 Å². The molecule has 0 saturated heterocycles. The number of hydrogen-bond acceptors (Lipinski definition) is 3.